The third-order valence-corrected chi connectivity index (χ3v) is 4.88. The van der Waals surface area contributed by atoms with E-state index in [1.165, 1.54) is 41.6 Å². The fourth-order valence-electron chi connectivity index (χ4n) is 3.22. The molecule has 2 aromatic rings. The van der Waals surface area contributed by atoms with Crippen molar-refractivity contribution in [1.82, 2.24) is 4.90 Å². The van der Waals surface area contributed by atoms with Crippen molar-refractivity contribution in [2.24, 2.45) is 0 Å². The van der Waals surface area contributed by atoms with Gasteiger partial charge in [-0.1, -0.05) is 62.7 Å². The van der Waals surface area contributed by atoms with E-state index in [0.717, 1.165) is 19.6 Å². The van der Waals surface area contributed by atoms with E-state index in [4.69, 9.17) is 0 Å². The molecule has 1 N–H and O–H groups in total. The van der Waals surface area contributed by atoms with E-state index in [9.17, 15) is 0 Å². The highest BCUT2D eigenvalue weighted by Crippen LogP contribution is 2.27. The quantitative estimate of drug-likeness (QED) is 0.520. The van der Waals surface area contributed by atoms with Gasteiger partial charge in [-0.2, -0.15) is 0 Å². The zero-order valence-electron chi connectivity index (χ0n) is 16.4. The van der Waals surface area contributed by atoms with Crippen LogP contribution in [0, 0.1) is 6.92 Å². The van der Waals surface area contributed by atoms with Crippen molar-refractivity contribution in [3.05, 3.63) is 65.2 Å². The Bertz CT molecular complexity index is 621. The second kappa shape index (κ2) is 10.2. The summed E-state index contributed by atoms with van der Waals surface area (Å²) in [6.07, 6.45) is 3.61. The first kappa shape index (κ1) is 19.5. The standard InChI is InChI=1S/C23H34N2/c1-5-7-15-24-23-17-22(14-13-19(23)3)20(4)25(16-6-2)18-21-11-9-8-10-12-21/h8-14,17,20,24H,5-7,15-16,18H2,1-4H3/t20-/m1/s1. The first-order valence-corrected chi connectivity index (χ1v) is 9.78. The number of aryl methyl sites for hydroxylation is 1. The Balaban J connectivity index is 2.14. The Labute approximate surface area is 154 Å². The monoisotopic (exact) mass is 338 g/mol. The molecule has 2 nitrogen and oxygen atoms in total. The minimum Gasteiger partial charge on any atom is -0.385 e. The zero-order valence-corrected chi connectivity index (χ0v) is 16.4. The predicted molar refractivity (Wildman–Crippen MR) is 110 cm³/mol. The first-order chi connectivity index (χ1) is 12.2. The molecule has 0 aliphatic carbocycles. The highest BCUT2D eigenvalue weighted by atomic mass is 15.1. The number of nitrogens with one attached hydrogen (secondary N) is 1. The summed E-state index contributed by atoms with van der Waals surface area (Å²) in [6.45, 7) is 12.2. The van der Waals surface area contributed by atoms with E-state index in [-0.39, 0.29) is 0 Å². The Morgan fingerprint density at radius 3 is 2.44 bits per heavy atom. The molecular formula is C23H34N2. The largest absolute Gasteiger partial charge is 0.385 e. The van der Waals surface area contributed by atoms with Gasteiger partial charge in [-0.15, -0.1) is 0 Å². The number of unbranched alkanes of at least 4 members (excludes halogenated alkanes) is 1. The maximum absolute atomic E-state index is 3.61. The van der Waals surface area contributed by atoms with Crippen LogP contribution in [0.2, 0.25) is 0 Å². The molecule has 0 aromatic heterocycles. The molecule has 0 amide bonds. The van der Waals surface area contributed by atoms with Crippen molar-refractivity contribution in [1.29, 1.82) is 0 Å². The lowest BCUT2D eigenvalue weighted by atomic mass is 10.0. The highest BCUT2D eigenvalue weighted by molar-refractivity contribution is 5.53. The fourth-order valence-corrected chi connectivity index (χ4v) is 3.22. The topological polar surface area (TPSA) is 15.3 Å². The average Bonchev–Trinajstić information content (AvgIpc) is 2.63. The van der Waals surface area contributed by atoms with Gasteiger partial charge in [-0.3, -0.25) is 4.90 Å². The molecule has 0 bridgehead atoms. The third kappa shape index (κ3) is 5.89. The lowest BCUT2D eigenvalue weighted by molar-refractivity contribution is 0.202. The highest BCUT2D eigenvalue weighted by Gasteiger charge is 2.16. The summed E-state index contributed by atoms with van der Waals surface area (Å²) < 4.78 is 0. The summed E-state index contributed by atoms with van der Waals surface area (Å²) in [4.78, 5) is 2.58. The molecule has 2 rings (SSSR count). The van der Waals surface area contributed by atoms with Gasteiger partial charge in [-0.25, -0.2) is 0 Å². The number of anilines is 1. The molecule has 0 spiro atoms. The smallest absolute Gasteiger partial charge is 0.0373 e. The first-order valence-electron chi connectivity index (χ1n) is 9.78. The number of rotatable bonds is 10. The van der Waals surface area contributed by atoms with Gasteiger partial charge in [0.2, 0.25) is 0 Å². The molecule has 0 radical (unpaired) electrons. The SMILES string of the molecule is CCCCNc1cc([C@@H](C)N(CCC)Cc2ccccc2)ccc1C. The van der Waals surface area contributed by atoms with E-state index < -0.39 is 0 Å². The summed E-state index contributed by atoms with van der Waals surface area (Å²) in [7, 11) is 0. The van der Waals surface area contributed by atoms with Crippen LogP contribution < -0.4 is 5.32 Å². The maximum atomic E-state index is 3.61. The van der Waals surface area contributed by atoms with Crippen LogP contribution >= 0.6 is 0 Å². The molecule has 0 aliphatic rings. The number of hydrogen-bond donors (Lipinski definition) is 1. The van der Waals surface area contributed by atoms with Crippen LogP contribution in [0.15, 0.2) is 48.5 Å². The van der Waals surface area contributed by atoms with E-state index >= 15 is 0 Å². The van der Waals surface area contributed by atoms with Crippen molar-refractivity contribution in [3.8, 4) is 0 Å². The molecule has 25 heavy (non-hydrogen) atoms. The van der Waals surface area contributed by atoms with Crippen LogP contribution in [-0.2, 0) is 6.54 Å². The van der Waals surface area contributed by atoms with Crippen molar-refractivity contribution in [2.45, 2.75) is 59.5 Å². The van der Waals surface area contributed by atoms with Crippen LogP contribution in [-0.4, -0.2) is 18.0 Å². The lowest BCUT2D eigenvalue weighted by Crippen LogP contribution is -2.27. The van der Waals surface area contributed by atoms with Gasteiger partial charge >= 0.3 is 0 Å². The molecule has 0 heterocycles. The van der Waals surface area contributed by atoms with Gasteiger partial charge in [0.1, 0.15) is 0 Å². The molecule has 136 valence electrons. The van der Waals surface area contributed by atoms with Crippen molar-refractivity contribution < 1.29 is 0 Å². The van der Waals surface area contributed by atoms with Crippen molar-refractivity contribution in [3.63, 3.8) is 0 Å². The second-order valence-electron chi connectivity index (χ2n) is 6.99. The van der Waals surface area contributed by atoms with Crippen LogP contribution in [0.25, 0.3) is 0 Å². The van der Waals surface area contributed by atoms with Crippen LogP contribution in [0.4, 0.5) is 5.69 Å². The van der Waals surface area contributed by atoms with E-state index in [0.29, 0.717) is 6.04 Å². The van der Waals surface area contributed by atoms with Crippen LogP contribution in [0.5, 0.6) is 0 Å². The summed E-state index contributed by atoms with van der Waals surface area (Å²) in [5.41, 5.74) is 5.40. The van der Waals surface area contributed by atoms with E-state index in [1.54, 1.807) is 0 Å². The molecule has 2 heteroatoms. The van der Waals surface area contributed by atoms with Crippen molar-refractivity contribution >= 4 is 5.69 Å². The van der Waals surface area contributed by atoms with Gasteiger partial charge < -0.3 is 5.32 Å². The molecule has 2 aromatic carbocycles. The summed E-state index contributed by atoms with van der Waals surface area (Å²) in [6, 6.07) is 18.1. The molecular weight excluding hydrogens is 304 g/mol. The lowest BCUT2D eigenvalue weighted by Gasteiger charge is -2.30. The molecule has 0 aliphatic heterocycles. The minimum absolute atomic E-state index is 0.410. The molecule has 0 saturated heterocycles. The number of benzene rings is 2. The predicted octanol–water partition coefficient (Wildman–Crippen LogP) is 6.18. The van der Waals surface area contributed by atoms with Gasteiger partial charge in [0.05, 0.1) is 0 Å². The van der Waals surface area contributed by atoms with Crippen LogP contribution in [0.3, 0.4) is 0 Å². The van der Waals surface area contributed by atoms with Gasteiger partial charge in [0.15, 0.2) is 0 Å². The maximum Gasteiger partial charge on any atom is 0.0373 e. The number of hydrogen-bond acceptors (Lipinski definition) is 2. The summed E-state index contributed by atoms with van der Waals surface area (Å²) in [5, 5.41) is 3.61. The summed E-state index contributed by atoms with van der Waals surface area (Å²) >= 11 is 0. The van der Waals surface area contributed by atoms with Crippen LogP contribution in [0.1, 0.15) is 62.8 Å². The molecule has 0 saturated carbocycles. The second-order valence-corrected chi connectivity index (χ2v) is 6.99. The Kier molecular flexibility index (Phi) is 8.00. The molecule has 0 unspecified atom stereocenters. The Morgan fingerprint density at radius 1 is 1.00 bits per heavy atom. The van der Waals surface area contributed by atoms with E-state index in [2.05, 4.69) is 86.4 Å². The van der Waals surface area contributed by atoms with Gasteiger partial charge in [-0.05, 0) is 56.0 Å². The van der Waals surface area contributed by atoms with Crippen molar-refractivity contribution in [2.75, 3.05) is 18.4 Å². The van der Waals surface area contributed by atoms with E-state index in [1.807, 2.05) is 0 Å². The van der Waals surface area contributed by atoms with Gasteiger partial charge in [0.25, 0.3) is 0 Å². The molecule has 1 atom stereocenters. The minimum atomic E-state index is 0.410. The number of nitrogens with zero attached hydrogens (tertiary/aromatic N) is 1. The summed E-state index contributed by atoms with van der Waals surface area (Å²) in [5.74, 6) is 0. The fraction of sp³-hybridized carbons (Fsp3) is 0.478. The Morgan fingerprint density at radius 2 is 1.76 bits per heavy atom. The third-order valence-electron chi connectivity index (χ3n) is 4.88. The normalized spacial score (nSPS) is 12.4. The Hall–Kier alpha value is -1.80. The zero-order chi connectivity index (χ0) is 18.1. The average molecular weight is 339 g/mol. The van der Waals surface area contributed by atoms with Gasteiger partial charge in [0, 0.05) is 24.8 Å². The molecule has 0 fully saturated rings.